The maximum absolute atomic E-state index is 10.9. The van der Waals surface area contributed by atoms with Gasteiger partial charge in [-0.25, -0.2) is 0 Å². The second-order valence-corrected chi connectivity index (χ2v) is 4.75. The average molecular weight is 316 g/mol. The van der Waals surface area contributed by atoms with E-state index in [0.29, 0.717) is 22.7 Å². The topological polar surface area (TPSA) is 94.2 Å². The molecule has 0 heterocycles. The van der Waals surface area contributed by atoms with Crippen LogP contribution in [0, 0.1) is 17.0 Å². The summed E-state index contributed by atoms with van der Waals surface area (Å²) in [6.45, 7) is 1.59. The first-order valence-electron chi connectivity index (χ1n) is 6.70. The molecule has 2 rings (SSSR count). The number of phenolic OH excluding ortho intramolecular Hbond substituents is 1. The van der Waals surface area contributed by atoms with Crippen molar-refractivity contribution >= 4 is 17.6 Å². The standard InChI is InChI=1S/C16H16N2O5/c1-10-6-12(18(20)21)7-11(16(10)19)9-17-14-8-13(22-2)4-5-15(14)23-3/h4-9,19H,1-3H3. The number of nitro groups is 1. The monoisotopic (exact) mass is 316 g/mol. The van der Waals surface area contributed by atoms with Crippen LogP contribution in [0.4, 0.5) is 11.4 Å². The molecule has 0 bridgehead atoms. The molecule has 23 heavy (non-hydrogen) atoms. The van der Waals surface area contributed by atoms with Crippen LogP contribution in [0.2, 0.25) is 0 Å². The Morgan fingerprint density at radius 1 is 1.22 bits per heavy atom. The first kappa shape index (κ1) is 16.3. The maximum Gasteiger partial charge on any atom is 0.270 e. The Kier molecular flexibility index (Phi) is 4.80. The SMILES string of the molecule is COc1ccc(OC)c(N=Cc2cc([N+](=O)[O-])cc(C)c2O)c1. The highest BCUT2D eigenvalue weighted by atomic mass is 16.6. The number of benzene rings is 2. The van der Waals surface area contributed by atoms with Gasteiger partial charge in [0.15, 0.2) is 0 Å². The third-order valence-electron chi connectivity index (χ3n) is 3.25. The van der Waals surface area contributed by atoms with Gasteiger partial charge in [0.2, 0.25) is 0 Å². The van der Waals surface area contributed by atoms with Crippen LogP contribution in [0.25, 0.3) is 0 Å². The maximum atomic E-state index is 10.9. The molecule has 2 aromatic rings. The number of hydrogen-bond acceptors (Lipinski definition) is 6. The fourth-order valence-electron chi connectivity index (χ4n) is 2.03. The van der Waals surface area contributed by atoms with E-state index in [4.69, 9.17) is 9.47 Å². The van der Waals surface area contributed by atoms with Crippen molar-refractivity contribution in [3.63, 3.8) is 0 Å². The summed E-state index contributed by atoms with van der Waals surface area (Å²) < 4.78 is 10.3. The van der Waals surface area contributed by atoms with Crippen molar-refractivity contribution in [2.45, 2.75) is 6.92 Å². The quantitative estimate of drug-likeness (QED) is 0.518. The molecule has 0 unspecified atom stereocenters. The summed E-state index contributed by atoms with van der Waals surface area (Å²) >= 11 is 0. The van der Waals surface area contributed by atoms with Crippen molar-refractivity contribution in [2.75, 3.05) is 14.2 Å². The van der Waals surface area contributed by atoms with Crippen molar-refractivity contribution in [1.82, 2.24) is 0 Å². The Labute approximate surface area is 133 Å². The smallest absolute Gasteiger partial charge is 0.270 e. The Bertz CT molecular complexity index is 771. The Morgan fingerprint density at radius 3 is 2.57 bits per heavy atom. The number of methoxy groups -OCH3 is 2. The van der Waals surface area contributed by atoms with Crippen LogP contribution in [-0.2, 0) is 0 Å². The number of hydrogen-bond donors (Lipinski definition) is 1. The van der Waals surface area contributed by atoms with E-state index in [1.54, 1.807) is 25.1 Å². The van der Waals surface area contributed by atoms with Crippen LogP contribution < -0.4 is 9.47 Å². The minimum atomic E-state index is -0.518. The van der Waals surface area contributed by atoms with Crippen LogP contribution in [0.15, 0.2) is 35.3 Å². The van der Waals surface area contributed by atoms with Gasteiger partial charge in [0.1, 0.15) is 22.9 Å². The van der Waals surface area contributed by atoms with E-state index in [1.807, 2.05) is 0 Å². The first-order valence-corrected chi connectivity index (χ1v) is 6.70. The molecule has 0 amide bonds. The molecule has 1 N–H and O–H groups in total. The van der Waals surface area contributed by atoms with Crippen LogP contribution >= 0.6 is 0 Å². The zero-order valence-corrected chi connectivity index (χ0v) is 12.9. The van der Waals surface area contributed by atoms with Crippen molar-refractivity contribution in [1.29, 1.82) is 0 Å². The molecule has 2 aromatic carbocycles. The van der Waals surface area contributed by atoms with Gasteiger partial charge < -0.3 is 14.6 Å². The number of aliphatic imine (C=N–C) groups is 1. The van der Waals surface area contributed by atoms with E-state index in [0.717, 1.165) is 0 Å². The molecule has 0 spiro atoms. The summed E-state index contributed by atoms with van der Waals surface area (Å²) in [5, 5.41) is 21.0. The van der Waals surface area contributed by atoms with Crippen molar-refractivity contribution in [3.05, 3.63) is 51.6 Å². The van der Waals surface area contributed by atoms with Crippen LogP contribution in [0.3, 0.4) is 0 Å². The first-order chi connectivity index (χ1) is 11.0. The Morgan fingerprint density at radius 2 is 1.96 bits per heavy atom. The lowest BCUT2D eigenvalue weighted by Gasteiger charge is -2.07. The van der Waals surface area contributed by atoms with Gasteiger partial charge in [-0.2, -0.15) is 0 Å². The van der Waals surface area contributed by atoms with Gasteiger partial charge in [0.05, 0.1) is 19.1 Å². The third kappa shape index (κ3) is 3.57. The predicted molar refractivity (Wildman–Crippen MR) is 86.3 cm³/mol. The minimum Gasteiger partial charge on any atom is -0.507 e. The van der Waals surface area contributed by atoms with E-state index in [9.17, 15) is 15.2 Å². The highest BCUT2D eigenvalue weighted by Gasteiger charge is 2.13. The molecule has 0 fully saturated rings. The second-order valence-electron chi connectivity index (χ2n) is 4.75. The fourth-order valence-corrected chi connectivity index (χ4v) is 2.03. The molecule has 0 saturated heterocycles. The van der Waals surface area contributed by atoms with Gasteiger partial charge in [-0.05, 0) is 24.6 Å². The lowest BCUT2D eigenvalue weighted by Crippen LogP contribution is -1.93. The largest absolute Gasteiger partial charge is 0.507 e. The number of aromatic hydroxyl groups is 1. The Hall–Kier alpha value is -3.09. The molecule has 0 aromatic heterocycles. The minimum absolute atomic E-state index is 0.0544. The number of phenols is 1. The summed E-state index contributed by atoms with van der Waals surface area (Å²) in [4.78, 5) is 14.6. The number of rotatable bonds is 5. The zero-order chi connectivity index (χ0) is 17.0. The summed E-state index contributed by atoms with van der Waals surface area (Å²) in [5.41, 5.74) is 1.02. The van der Waals surface area contributed by atoms with Gasteiger partial charge in [-0.3, -0.25) is 15.1 Å². The number of aryl methyl sites for hydroxylation is 1. The molecule has 0 saturated carbocycles. The Balaban J connectivity index is 2.46. The van der Waals surface area contributed by atoms with E-state index < -0.39 is 4.92 Å². The van der Waals surface area contributed by atoms with Crippen LogP contribution in [-0.4, -0.2) is 30.5 Å². The molecular weight excluding hydrogens is 300 g/mol. The van der Waals surface area contributed by atoms with Gasteiger partial charge in [0, 0.05) is 30.0 Å². The highest BCUT2D eigenvalue weighted by Crippen LogP contribution is 2.32. The lowest BCUT2D eigenvalue weighted by molar-refractivity contribution is -0.384. The molecule has 7 nitrogen and oxygen atoms in total. The van der Waals surface area contributed by atoms with Crippen molar-refractivity contribution in [2.24, 2.45) is 4.99 Å². The molecular formula is C16H16N2O5. The number of nitro benzene ring substituents is 1. The lowest BCUT2D eigenvalue weighted by atomic mass is 10.1. The van der Waals surface area contributed by atoms with E-state index >= 15 is 0 Å². The highest BCUT2D eigenvalue weighted by molar-refractivity contribution is 5.87. The average Bonchev–Trinajstić information content (AvgIpc) is 2.55. The second kappa shape index (κ2) is 6.78. The molecule has 0 atom stereocenters. The predicted octanol–water partition coefficient (Wildman–Crippen LogP) is 3.38. The van der Waals surface area contributed by atoms with Gasteiger partial charge in [-0.15, -0.1) is 0 Å². The molecule has 120 valence electrons. The van der Waals surface area contributed by atoms with Crippen molar-refractivity contribution < 1.29 is 19.5 Å². The fraction of sp³-hybridized carbons (Fsp3) is 0.188. The van der Waals surface area contributed by atoms with Gasteiger partial charge >= 0.3 is 0 Å². The summed E-state index contributed by atoms with van der Waals surface area (Å²) in [6.07, 6.45) is 1.35. The van der Waals surface area contributed by atoms with Crippen LogP contribution in [0.1, 0.15) is 11.1 Å². The zero-order valence-electron chi connectivity index (χ0n) is 12.9. The van der Waals surface area contributed by atoms with E-state index in [2.05, 4.69) is 4.99 Å². The molecule has 0 aliphatic rings. The molecule has 0 aliphatic heterocycles. The van der Waals surface area contributed by atoms with Crippen molar-refractivity contribution in [3.8, 4) is 17.2 Å². The number of non-ortho nitro benzene ring substituents is 1. The number of ether oxygens (including phenoxy) is 2. The third-order valence-corrected chi connectivity index (χ3v) is 3.25. The molecule has 0 aliphatic carbocycles. The van der Waals surface area contributed by atoms with Crippen LogP contribution in [0.5, 0.6) is 17.2 Å². The summed E-state index contributed by atoms with van der Waals surface area (Å²) in [5.74, 6) is 1.06. The summed E-state index contributed by atoms with van der Waals surface area (Å²) in [6, 6.07) is 7.66. The van der Waals surface area contributed by atoms with E-state index in [-0.39, 0.29) is 17.0 Å². The summed E-state index contributed by atoms with van der Waals surface area (Å²) in [7, 11) is 3.04. The molecule has 0 radical (unpaired) electrons. The van der Waals surface area contributed by atoms with E-state index in [1.165, 1.54) is 32.6 Å². The molecule has 7 heteroatoms. The van der Waals surface area contributed by atoms with Gasteiger partial charge in [0.25, 0.3) is 5.69 Å². The van der Waals surface area contributed by atoms with Gasteiger partial charge in [-0.1, -0.05) is 0 Å². The number of nitrogens with zero attached hydrogens (tertiary/aromatic N) is 2. The normalized spacial score (nSPS) is 10.7.